The first-order valence-electron chi connectivity index (χ1n) is 7.97. The van der Waals surface area contributed by atoms with Gasteiger partial charge < -0.3 is 10.1 Å². The number of hydrogen-bond acceptors (Lipinski definition) is 4. The molecule has 0 bridgehead atoms. The molecule has 0 atom stereocenters. The van der Waals surface area contributed by atoms with E-state index in [1.165, 1.54) is 4.68 Å². The zero-order chi connectivity index (χ0) is 18.5. The van der Waals surface area contributed by atoms with Crippen molar-refractivity contribution in [1.29, 1.82) is 0 Å². The Labute approximate surface area is 160 Å². The monoisotopic (exact) mass is 393 g/mol. The molecule has 1 aromatic carbocycles. The van der Waals surface area contributed by atoms with Gasteiger partial charge in [0.2, 0.25) is 0 Å². The standard InChI is InChI=1S/C17H17Cl2N5O2/c1-2-23-16(14(19)9-22-23)10-20-17(25)15-7-8-21-24(15)11-26-13-5-3-12(18)4-6-13/h3-9H,2,10-11H2,1H3,(H,20,25). The van der Waals surface area contributed by atoms with Crippen molar-refractivity contribution < 1.29 is 9.53 Å². The quantitative estimate of drug-likeness (QED) is 0.667. The molecule has 1 N–H and O–H groups in total. The van der Waals surface area contributed by atoms with Crippen molar-refractivity contribution >= 4 is 29.1 Å². The minimum Gasteiger partial charge on any atom is -0.471 e. The molecule has 2 heterocycles. The van der Waals surface area contributed by atoms with Gasteiger partial charge in [-0.2, -0.15) is 10.2 Å². The number of aryl methyl sites for hydroxylation is 1. The molecule has 0 aliphatic heterocycles. The van der Waals surface area contributed by atoms with Crippen molar-refractivity contribution in [3.63, 3.8) is 0 Å². The maximum absolute atomic E-state index is 12.5. The van der Waals surface area contributed by atoms with E-state index in [4.69, 9.17) is 27.9 Å². The third-order valence-corrected chi connectivity index (χ3v) is 4.30. The zero-order valence-electron chi connectivity index (χ0n) is 14.0. The van der Waals surface area contributed by atoms with E-state index in [0.29, 0.717) is 28.0 Å². The highest BCUT2D eigenvalue weighted by Crippen LogP contribution is 2.17. The van der Waals surface area contributed by atoms with Crippen LogP contribution in [0, 0.1) is 0 Å². The predicted molar refractivity (Wildman–Crippen MR) is 98.4 cm³/mol. The van der Waals surface area contributed by atoms with Crippen molar-refractivity contribution in [2.24, 2.45) is 0 Å². The fraction of sp³-hybridized carbons (Fsp3) is 0.235. The van der Waals surface area contributed by atoms with Gasteiger partial charge in [0.25, 0.3) is 5.91 Å². The third kappa shape index (κ3) is 4.17. The first-order chi connectivity index (χ1) is 12.6. The Morgan fingerprint density at radius 1 is 1.15 bits per heavy atom. The van der Waals surface area contributed by atoms with Gasteiger partial charge in [0.1, 0.15) is 11.4 Å². The number of aromatic nitrogens is 4. The Kier molecular flexibility index (Phi) is 5.80. The summed E-state index contributed by atoms with van der Waals surface area (Å²) in [4.78, 5) is 12.5. The maximum Gasteiger partial charge on any atom is 0.270 e. The van der Waals surface area contributed by atoms with Crippen molar-refractivity contribution in [1.82, 2.24) is 24.9 Å². The normalized spacial score (nSPS) is 10.7. The fourth-order valence-corrected chi connectivity index (χ4v) is 2.72. The number of rotatable bonds is 7. The topological polar surface area (TPSA) is 74.0 Å². The molecule has 0 saturated heterocycles. The summed E-state index contributed by atoms with van der Waals surface area (Å²) in [6, 6.07) is 8.58. The predicted octanol–water partition coefficient (Wildman–Crippen LogP) is 3.37. The average molecular weight is 394 g/mol. The van der Waals surface area contributed by atoms with Crippen LogP contribution in [0.1, 0.15) is 23.1 Å². The van der Waals surface area contributed by atoms with E-state index in [1.807, 2.05) is 6.92 Å². The smallest absolute Gasteiger partial charge is 0.270 e. The summed E-state index contributed by atoms with van der Waals surface area (Å²) in [5.74, 6) is 0.358. The van der Waals surface area contributed by atoms with Gasteiger partial charge in [0.05, 0.1) is 23.5 Å². The second-order valence-electron chi connectivity index (χ2n) is 5.38. The number of carbonyl (C=O) groups is 1. The molecule has 136 valence electrons. The number of nitrogens with zero attached hydrogens (tertiary/aromatic N) is 4. The van der Waals surface area contributed by atoms with Gasteiger partial charge in [0.15, 0.2) is 6.73 Å². The van der Waals surface area contributed by atoms with Crippen LogP contribution < -0.4 is 10.1 Å². The van der Waals surface area contributed by atoms with Crippen molar-refractivity contribution in [2.45, 2.75) is 26.7 Å². The van der Waals surface area contributed by atoms with E-state index in [9.17, 15) is 4.79 Å². The van der Waals surface area contributed by atoms with Gasteiger partial charge in [-0.3, -0.25) is 9.48 Å². The Bertz CT molecular complexity index is 889. The van der Waals surface area contributed by atoms with E-state index < -0.39 is 0 Å². The van der Waals surface area contributed by atoms with Gasteiger partial charge in [-0.1, -0.05) is 23.2 Å². The van der Waals surface area contributed by atoms with Crippen LogP contribution in [0.4, 0.5) is 0 Å². The molecule has 0 unspecified atom stereocenters. The second kappa shape index (κ2) is 8.25. The molecule has 1 amide bonds. The first-order valence-corrected chi connectivity index (χ1v) is 8.72. The molecule has 0 fully saturated rings. The zero-order valence-corrected chi connectivity index (χ0v) is 15.5. The van der Waals surface area contributed by atoms with Crippen LogP contribution in [0.5, 0.6) is 5.75 Å². The minimum atomic E-state index is -0.276. The molecule has 0 spiro atoms. The number of hydrogen-bond donors (Lipinski definition) is 1. The Hall–Kier alpha value is -2.51. The van der Waals surface area contributed by atoms with Crippen LogP contribution >= 0.6 is 23.2 Å². The molecule has 0 radical (unpaired) electrons. The number of halogens is 2. The molecule has 3 aromatic rings. The van der Waals surface area contributed by atoms with Gasteiger partial charge in [-0.05, 0) is 37.3 Å². The number of amides is 1. The van der Waals surface area contributed by atoms with Gasteiger partial charge >= 0.3 is 0 Å². The lowest BCUT2D eigenvalue weighted by Crippen LogP contribution is -2.27. The summed E-state index contributed by atoms with van der Waals surface area (Å²) in [5, 5.41) is 12.3. The lowest BCUT2D eigenvalue weighted by atomic mass is 10.3. The lowest BCUT2D eigenvalue weighted by molar-refractivity contribution is 0.0928. The lowest BCUT2D eigenvalue weighted by Gasteiger charge is -2.11. The summed E-state index contributed by atoms with van der Waals surface area (Å²) in [7, 11) is 0. The van der Waals surface area contributed by atoms with Crippen LogP contribution in [0.2, 0.25) is 10.0 Å². The molecule has 3 rings (SSSR count). The Morgan fingerprint density at radius 3 is 2.65 bits per heavy atom. The van der Waals surface area contributed by atoms with Crippen LogP contribution in [0.3, 0.4) is 0 Å². The summed E-state index contributed by atoms with van der Waals surface area (Å²) in [6.07, 6.45) is 3.11. The number of ether oxygens (including phenoxy) is 1. The highest BCUT2D eigenvalue weighted by molar-refractivity contribution is 6.31. The summed E-state index contributed by atoms with van der Waals surface area (Å²) in [5.41, 5.74) is 1.14. The molecule has 2 aromatic heterocycles. The first kappa shape index (κ1) is 18.3. The maximum atomic E-state index is 12.5. The van der Waals surface area contributed by atoms with Crippen LogP contribution in [0.25, 0.3) is 0 Å². The van der Waals surface area contributed by atoms with Gasteiger partial charge in [-0.15, -0.1) is 0 Å². The van der Waals surface area contributed by atoms with Crippen molar-refractivity contribution in [3.8, 4) is 5.75 Å². The largest absolute Gasteiger partial charge is 0.471 e. The van der Waals surface area contributed by atoms with E-state index in [-0.39, 0.29) is 19.2 Å². The highest BCUT2D eigenvalue weighted by Gasteiger charge is 2.14. The molecule has 26 heavy (non-hydrogen) atoms. The molecule has 0 aliphatic carbocycles. The Morgan fingerprint density at radius 2 is 1.92 bits per heavy atom. The molecular formula is C17H17Cl2N5O2. The second-order valence-corrected chi connectivity index (χ2v) is 6.22. The van der Waals surface area contributed by atoms with E-state index in [1.54, 1.807) is 47.4 Å². The van der Waals surface area contributed by atoms with E-state index in [2.05, 4.69) is 15.5 Å². The SMILES string of the molecule is CCn1ncc(Cl)c1CNC(=O)c1ccnn1COc1ccc(Cl)cc1. The molecule has 9 heteroatoms. The third-order valence-electron chi connectivity index (χ3n) is 3.73. The van der Waals surface area contributed by atoms with Gasteiger partial charge in [0, 0.05) is 17.8 Å². The summed E-state index contributed by atoms with van der Waals surface area (Å²) < 4.78 is 8.84. The average Bonchev–Trinajstić information content (AvgIpc) is 3.25. The van der Waals surface area contributed by atoms with Crippen LogP contribution in [-0.4, -0.2) is 25.5 Å². The Balaban J connectivity index is 1.62. The molecule has 0 saturated carbocycles. The molecule has 7 nitrogen and oxygen atoms in total. The van der Waals surface area contributed by atoms with Crippen LogP contribution in [-0.2, 0) is 19.8 Å². The minimum absolute atomic E-state index is 0.102. The number of nitrogens with one attached hydrogen (secondary N) is 1. The van der Waals surface area contributed by atoms with Gasteiger partial charge in [-0.25, -0.2) is 4.68 Å². The highest BCUT2D eigenvalue weighted by atomic mass is 35.5. The molecule has 0 aliphatic rings. The van der Waals surface area contributed by atoms with E-state index >= 15 is 0 Å². The van der Waals surface area contributed by atoms with Crippen molar-refractivity contribution in [2.75, 3.05) is 0 Å². The van der Waals surface area contributed by atoms with Crippen molar-refractivity contribution in [3.05, 3.63) is 64.2 Å². The van der Waals surface area contributed by atoms with Crippen LogP contribution in [0.15, 0.2) is 42.7 Å². The number of benzene rings is 1. The summed E-state index contributed by atoms with van der Waals surface area (Å²) >= 11 is 12.0. The fourth-order valence-electron chi connectivity index (χ4n) is 2.39. The summed E-state index contributed by atoms with van der Waals surface area (Å²) in [6.45, 7) is 3.00. The molecular weight excluding hydrogens is 377 g/mol. The number of carbonyl (C=O) groups excluding carboxylic acids is 1. The van der Waals surface area contributed by atoms with E-state index in [0.717, 1.165) is 5.69 Å².